The Morgan fingerprint density at radius 1 is 1.43 bits per heavy atom. The quantitative estimate of drug-likeness (QED) is 0.659. The van der Waals surface area contributed by atoms with E-state index in [2.05, 4.69) is 10.0 Å². The van der Waals surface area contributed by atoms with Crippen molar-refractivity contribution in [1.29, 1.82) is 0 Å². The van der Waals surface area contributed by atoms with Gasteiger partial charge in [-0.3, -0.25) is 4.79 Å². The number of rotatable bonds is 6. The Hall–Kier alpha value is -1.22. The van der Waals surface area contributed by atoms with Crippen molar-refractivity contribution in [2.75, 3.05) is 6.54 Å². The van der Waals surface area contributed by atoms with Gasteiger partial charge in [0.05, 0.1) is 11.6 Å². The maximum atomic E-state index is 12.2. The van der Waals surface area contributed by atoms with Crippen LogP contribution in [0.2, 0.25) is 5.02 Å². The molecule has 0 aliphatic carbocycles. The van der Waals surface area contributed by atoms with Crippen molar-refractivity contribution in [3.05, 3.63) is 28.8 Å². The fourth-order valence-corrected chi connectivity index (χ4v) is 3.11. The van der Waals surface area contributed by atoms with Crippen LogP contribution in [0.5, 0.6) is 0 Å². The van der Waals surface area contributed by atoms with E-state index in [-0.39, 0.29) is 27.5 Å². The molecular formula is C12H16ClN3O3S2. The number of amides is 1. The molecule has 116 valence electrons. The number of hydrogen-bond acceptors (Lipinski definition) is 4. The minimum absolute atomic E-state index is 0.0202. The zero-order valence-corrected chi connectivity index (χ0v) is 13.9. The summed E-state index contributed by atoms with van der Waals surface area (Å²) < 4.78 is 26.5. The molecule has 1 aromatic carbocycles. The highest BCUT2D eigenvalue weighted by molar-refractivity contribution is 7.89. The van der Waals surface area contributed by atoms with Crippen molar-refractivity contribution in [1.82, 2.24) is 10.0 Å². The number of thiocarbonyl (C=S) groups is 1. The predicted molar refractivity (Wildman–Crippen MR) is 85.8 cm³/mol. The molecule has 21 heavy (non-hydrogen) atoms. The van der Waals surface area contributed by atoms with Crippen LogP contribution in [0.1, 0.15) is 19.4 Å². The molecule has 9 heteroatoms. The molecule has 6 nitrogen and oxygen atoms in total. The van der Waals surface area contributed by atoms with Crippen molar-refractivity contribution < 1.29 is 13.2 Å². The zero-order valence-electron chi connectivity index (χ0n) is 11.5. The molecule has 1 amide bonds. The summed E-state index contributed by atoms with van der Waals surface area (Å²) in [7, 11) is -3.94. The second kappa shape index (κ2) is 7.17. The average molecular weight is 350 g/mol. The van der Waals surface area contributed by atoms with E-state index in [9.17, 15) is 13.2 Å². The second-order valence-electron chi connectivity index (χ2n) is 4.56. The highest BCUT2D eigenvalue weighted by Crippen LogP contribution is 2.22. The van der Waals surface area contributed by atoms with Crippen LogP contribution < -0.4 is 15.8 Å². The van der Waals surface area contributed by atoms with Crippen LogP contribution in [0.4, 0.5) is 0 Å². The number of hydrogen-bond donors (Lipinski definition) is 3. The molecule has 1 rings (SSSR count). The first kappa shape index (κ1) is 17.8. The lowest BCUT2D eigenvalue weighted by Gasteiger charge is -2.11. The Balaban J connectivity index is 2.95. The first-order valence-electron chi connectivity index (χ1n) is 6.02. The van der Waals surface area contributed by atoms with Gasteiger partial charge in [0.1, 0.15) is 9.88 Å². The molecule has 0 saturated heterocycles. The number of nitrogens with one attached hydrogen (secondary N) is 2. The van der Waals surface area contributed by atoms with E-state index in [1.54, 1.807) is 13.8 Å². The highest BCUT2D eigenvalue weighted by Gasteiger charge is 2.20. The van der Waals surface area contributed by atoms with E-state index in [4.69, 9.17) is 29.6 Å². The van der Waals surface area contributed by atoms with Crippen LogP contribution in [-0.4, -0.2) is 31.9 Å². The molecule has 0 spiro atoms. The van der Waals surface area contributed by atoms with Gasteiger partial charge < -0.3 is 11.1 Å². The first-order chi connectivity index (χ1) is 9.63. The molecule has 0 aliphatic heterocycles. The van der Waals surface area contributed by atoms with Crippen LogP contribution in [0.15, 0.2) is 23.1 Å². The average Bonchev–Trinajstić information content (AvgIpc) is 2.35. The van der Waals surface area contributed by atoms with Gasteiger partial charge in [0.2, 0.25) is 15.9 Å². The summed E-state index contributed by atoms with van der Waals surface area (Å²) in [6.45, 7) is 3.16. The van der Waals surface area contributed by atoms with E-state index >= 15 is 0 Å². The van der Waals surface area contributed by atoms with Gasteiger partial charge in [-0.05, 0) is 26.0 Å². The van der Waals surface area contributed by atoms with Crippen LogP contribution in [0.25, 0.3) is 0 Å². The van der Waals surface area contributed by atoms with E-state index in [1.807, 2.05) is 0 Å². The fourth-order valence-electron chi connectivity index (χ4n) is 1.47. The maximum Gasteiger partial charge on any atom is 0.242 e. The van der Waals surface area contributed by atoms with Gasteiger partial charge in [-0.15, -0.1) is 0 Å². The smallest absolute Gasteiger partial charge is 0.242 e. The van der Waals surface area contributed by atoms with Crippen LogP contribution in [0.3, 0.4) is 0 Å². The number of carbonyl (C=O) groups is 1. The summed E-state index contributed by atoms with van der Waals surface area (Å²) in [6.07, 6.45) is 0. The Bertz CT molecular complexity index is 660. The van der Waals surface area contributed by atoms with E-state index < -0.39 is 15.9 Å². The first-order valence-corrected chi connectivity index (χ1v) is 8.29. The number of halogens is 1. The van der Waals surface area contributed by atoms with Gasteiger partial charge in [0.15, 0.2) is 0 Å². The van der Waals surface area contributed by atoms with E-state index in [0.29, 0.717) is 5.56 Å². The Labute approximate surface area is 134 Å². The third-order valence-corrected chi connectivity index (χ3v) is 4.50. The molecule has 0 aromatic heterocycles. The van der Waals surface area contributed by atoms with Crippen LogP contribution >= 0.6 is 23.8 Å². The summed E-state index contributed by atoms with van der Waals surface area (Å²) in [4.78, 5) is 11.4. The van der Waals surface area contributed by atoms with Crippen molar-refractivity contribution in [3.8, 4) is 0 Å². The van der Waals surface area contributed by atoms with Gasteiger partial charge in [0.25, 0.3) is 0 Å². The minimum atomic E-state index is -3.94. The van der Waals surface area contributed by atoms with Gasteiger partial charge in [0, 0.05) is 11.6 Å². The molecule has 0 saturated carbocycles. The Morgan fingerprint density at radius 3 is 2.57 bits per heavy atom. The summed E-state index contributed by atoms with van der Waals surface area (Å²) in [5.41, 5.74) is 5.84. The molecule has 0 atom stereocenters. The molecule has 0 unspecified atom stereocenters. The summed E-state index contributed by atoms with van der Waals surface area (Å²) in [6, 6.07) is 4.10. The lowest BCUT2D eigenvalue weighted by atomic mass is 10.2. The van der Waals surface area contributed by atoms with Crippen molar-refractivity contribution in [2.24, 2.45) is 5.73 Å². The summed E-state index contributed by atoms with van der Waals surface area (Å²) in [5.74, 6) is -0.435. The molecule has 0 fully saturated rings. The van der Waals surface area contributed by atoms with E-state index in [0.717, 1.165) is 0 Å². The van der Waals surface area contributed by atoms with Gasteiger partial charge in [-0.1, -0.05) is 29.9 Å². The zero-order chi connectivity index (χ0) is 16.2. The maximum absolute atomic E-state index is 12.2. The fraction of sp³-hybridized carbons (Fsp3) is 0.333. The minimum Gasteiger partial charge on any atom is -0.389 e. The van der Waals surface area contributed by atoms with Gasteiger partial charge >= 0.3 is 0 Å². The second-order valence-corrected chi connectivity index (χ2v) is 7.14. The SMILES string of the molecule is CC(C)NC(=O)CNS(=O)(=O)c1cc(C(N)=S)ccc1Cl. The van der Waals surface area contributed by atoms with Crippen molar-refractivity contribution >= 4 is 44.7 Å². The molecule has 1 aromatic rings. The predicted octanol–water partition coefficient (Wildman–Crippen LogP) is 0.777. The highest BCUT2D eigenvalue weighted by atomic mass is 35.5. The van der Waals surface area contributed by atoms with Crippen LogP contribution in [-0.2, 0) is 14.8 Å². The molecule has 0 heterocycles. The lowest BCUT2D eigenvalue weighted by molar-refractivity contribution is -0.120. The number of benzene rings is 1. The third kappa shape index (κ3) is 5.24. The Kier molecular flexibility index (Phi) is 6.09. The standard InChI is InChI=1S/C12H16ClN3O3S2/c1-7(2)16-11(17)6-15-21(18,19)10-5-8(12(14)20)3-4-9(10)13/h3-5,7,15H,6H2,1-2H3,(H2,14,20)(H,16,17). The molecule has 0 radical (unpaired) electrons. The largest absolute Gasteiger partial charge is 0.389 e. The summed E-state index contributed by atoms with van der Waals surface area (Å²) >= 11 is 10.7. The summed E-state index contributed by atoms with van der Waals surface area (Å²) in [5, 5.41) is 2.59. The van der Waals surface area contributed by atoms with Gasteiger partial charge in [-0.25, -0.2) is 13.1 Å². The van der Waals surface area contributed by atoms with Gasteiger partial charge in [-0.2, -0.15) is 0 Å². The third-order valence-electron chi connectivity index (χ3n) is 2.38. The monoisotopic (exact) mass is 349 g/mol. The lowest BCUT2D eigenvalue weighted by Crippen LogP contribution is -2.39. The van der Waals surface area contributed by atoms with Crippen molar-refractivity contribution in [3.63, 3.8) is 0 Å². The normalized spacial score (nSPS) is 11.4. The van der Waals surface area contributed by atoms with Crippen molar-refractivity contribution in [2.45, 2.75) is 24.8 Å². The number of nitrogens with two attached hydrogens (primary N) is 1. The molecule has 4 N–H and O–H groups in total. The Morgan fingerprint density at radius 2 is 2.05 bits per heavy atom. The number of carbonyl (C=O) groups excluding carboxylic acids is 1. The topological polar surface area (TPSA) is 101 Å². The number of sulfonamides is 1. The molecule has 0 aliphatic rings. The molecule has 0 bridgehead atoms. The molecular weight excluding hydrogens is 334 g/mol. The van der Waals surface area contributed by atoms with Crippen LogP contribution in [0, 0.1) is 0 Å². The van der Waals surface area contributed by atoms with E-state index in [1.165, 1.54) is 18.2 Å².